The average molecular weight is 279 g/mol. The van der Waals surface area contributed by atoms with Gasteiger partial charge in [-0.15, -0.1) is 0 Å². The Morgan fingerprint density at radius 3 is 2.50 bits per heavy atom. The van der Waals surface area contributed by atoms with Gasteiger partial charge in [-0.1, -0.05) is 12.5 Å². The van der Waals surface area contributed by atoms with Crippen molar-refractivity contribution >= 4 is 0 Å². The molecule has 0 spiro atoms. The quantitative estimate of drug-likeness (QED) is 0.658. The SMILES string of the molecule is Cc1ccc(F)cc1C(NN)C(C)(C)N1CCCCC1. The zero-order valence-corrected chi connectivity index (χ0v) is 12.7. The van der Waals surface area contributed by atoms with E-state index in [0.29, 0.717) is 0 Å². The first-order chi connectivity index (χ1) is 9.46. The molecule has 1 aromatic rings. The summed E-state index contributed by atoms with van der Waals surface area (Å²) in [5.41, 5.74) is 4.79. The lowest BCUT2D eigenvalue weighted by Crippen LogP contribution is -2.55. The number of rotatable bonds is 4. The fourth-order valence-electron chi connectivity index (χ4n) is 3.25. The molecular weight excluding hydrogens is 253 g/mol. The maximum atomic E-state index is 13.6. The number of aryl methyl sites for hydroxylation is 1. The molecule has 1 unspecified atom stereocenters. The van der Waals surface area contributed by atoms with Crippen LogP contribution < -0.4 is 11.3 Å². The third-order valence-corrected chi connectivity index (χ3v) is 4.60. The zero-order valence-electron chi connectivity index (χ0n) is 12.7. The normalized spacial score (nSPS) is 19.1. The smallest absolute Gasteiger partial charge is 0.123 e. The molecule has 3 N–H and O–H groups in total. The van der Waals surface area contributed by atoms with Gasteiger partial charge in [0.1, 0.15) is 5.82 Å². The number of nitrogens with zero attached hydrogens (tertiary/aromatic N) is 1. The Bertz CT molecular complexity index is 453. The van der Waals surface area contributed by atoms with E-state index >= 15 is 0 Å². The average Bonchev–Trinajstić information content (AvgIpc) is 2.44. The van der Waals surface area contributed by atoms with Gasteiger partial charge >= 0.3 is 0 Å². The second kappa shape index (κ2) is 6.20. The molecule has 0 aromatic heterocycles. The van der Waals surface area contributed by atoms with E-state index < -0.39 is 0 Å². The molecule has 3 nitrogen and oxygen atoms in total. The van der Waals surface area contributed by atoms with Crippen molar-refractivity contribution < 1.29 is 4.39 Å². The summed E-state index contributed by atoms with van der Waals surface area (Å²) in [5.74, 6) is 5.61. The van der Waals surface area contributed by atoms with Gasteiger partial charge in [-0.2, -0.15) is 0 Å². The van der Waals surface area contributed by atoms with Crippen LogP contribution in [-0.4, -0.2) is 23.5 Å². The first kappa shape index (κ1) is 15.4. The van der Waals surface area contributed by atoms with Crippen molar-refractivity contribution in [1.29, 1.82) is 0 Å². The number of halogens is 1. The van der Waals surface area contributed by atoms with Gasteiger partial charge in [0, 0.05) is 5.54 Å². The van der Waals surface area contributed by atoms with Crippen LogP contribution in [0.1, 0.15) is 50.3 Å². The predicted octanol–water partition coefficient (Wildman–Crippen LogP) is 2.90. The molecule has 0 aliphatic carbocycles. The Morgan fingerprint density at radius 2 is 1.90 bits per heavy atom. The molecule has 2 rings (SSSR count). The fourth-order valence-corrected chi connectivity index (χ4v) is 3.25. The maximum absolute atomic E-state index is 13.6. The van der Waals surface area contributed by atoms with Crippen LogP contribution in [0.25, 0.3) is 0 Å². The topological polar surface area (TPSA) is 41.3 Å². The number of likely N-dealkylation sites (tertiary alicyclic amines) is 1. The first-order valence-corrected chi connectivity index (χ1v) is 7.44. The standard InChI is InChI=1S/C16H26FN3/c1-12-7-8-13(17)11-14(12)15(19-18)16(2,3)20-9-5-4-6-10-20/h7-8,11,15,19H,4-6,9-10,18H2,1-3H3. The van der Waals surface area contributed by atoms with Crippen molar-refractivity contribution in [2.75, 3.05) is 13.1 Å². The number of nitrogens with one attached hydrogen (secondary N) is 1. The summed E-state index contributed by atoms with van der Waals surface area (Å²) < 4.78 is 13.6. The molecule has 4 heteroatoms. The Kier molecular flexibility index (Phi) is 4.78. The van der Waals surface area contributed by atoms with Gasteiger partial charge in [-0.3, -0.25) is 16.2 Å². The number of hydrazine groups is 1. The van der Waals surface area contributed by atoms with Crippen LogP contribution in [0.3, 0.4) is 0 Å². The number of hydrogen-bond donors (Lipinski definition) is 2. The van der Waals surface area contributed by atoms with Gasteiger partial charge in [0.2, 0.25) is 0 Å². The van der Waals surface area contributed by atoms with E-state index in [1.807, 2.05) is 13.0 Å². The maximum Gasteiger partial charge on any atom is 0.123 e. The highest BCUT2D eigenvalue weighted by Gasteiger charge is 2.37. The molecule has 112 valence electrons. The molecule has 1 atom stereocenters. The minimum absolute atomic E-state index is 0.0868. The highest BCUT2D eigenvalue weighted by molar-refractivity contribution is 5.32. The lowest BCUT2D eigenvalue weighted by molar-refractivity contribution is 0.0605. The van der Waals surface area contributed by atoms with Crippen molar-refractivity contribution in [3.63, 3.8) is 0 Å². The lowest BCUT2D eigenvalue weighted by Gasteiger charge is -2.46. The summed E-state index contributed by atoms with van der Waals surface area (Å²) in [6, 6.07) is 4.84. The molecule has 1 aliphatic heterocycles. The molecule has 0 radical (unpaired) electrons. The summed E-state index contributed by atoms with van der Waals surface area (Å²) >= 11 is 0. The molecule has 1 fully saturated rings. The van der Waals surface area contributed by atoms with Gasteiger partial charge in [0.05, 0.1) is 6.04 Å². The van der Waals surface area contributed by atoms with Gasteiger partial charge in [0.15, 0.2) is 0 Å². The minimum Gasteiger partial charge on any atom is -0.296 e. The van der Waals surface area contributed by atoms with Crippen molar-refractivity contribution in [2.24, 2.45) is 5.84 Å². The Labute approximate surface area is 121 Å². The highest BCUT2D eigenvalue weighted by Crippen LogP contribution is 2.34. The van der Waals surface area contributed by atoms with E-state index in [2.05, 4.69) is 24.2 Å². The van der Waals surface area contributed by atoms with Crippen LogP contribution in [-0.2, 0) is 0 Å². The van der Waals surface area contributed by atoms with E-state index in [4.69, 9.17) is 5.84 Å². The highest BCUT2D eigenvalue weighted by atomic mass is 19.1. The monoisotopic (exact) mass is 279 g/mol. The van der Waals surface area contributed by atoms with Gasteiger partial charge < -0.3 is 0 Å². The van der Waals surface area contributed by atoms with Crippen LogP contribution in [0, 0.1) is 12.7 Å². The molecule has 0 saturated carbocycles. The van der Waals surface area contributed by atoms with E-state index in [9.17, 15) is 4.39 Å². The summed E-state index contributed by atoms with van der Waals surface area (Å²) in [7, 11) is 0. The van der Waals surface area contributed by atoms with Gasteiger partial charge in [-0.25, -0.2) is 4.39 Å². The molecule has 0 bridgehead atoms. The van der Waals surface area contributed by atoms with Crippen LogP contribution in [0.4, 0.5) is 4.39 Å². The zero-order chi connectivity index (χ0) is 14.8. The molecule has 20 heavy (non-hydrogen) atoms. The van der Waals surface area contributed by atoms with Gasteiger partial charge in [0.25, 0.3) is 0 Å². The largest absolute Gasteiger partial charge is 0.296 e. The molecule has 1 aromatic carbocycles. The first-order valence-electron chi connectivity index (χ1n) is 7.44. The van der Waals surface area contributed by atoms with Crippen molar-refractivity contribution in [1.82, 2.24) is 10.3 Å². The minimum atomic E-state index is -0.208. The summed E-state index contributed by atoms with van der Waals surface area (Å²) in [5, 5.41) is 0. The molecule has 1 heterocycles. The lowest BCUT2D eigenvalue weighted by atomic mass is 9.84. The Balaban J connectivity index is 2.32. The third-order valence-electron chi connectivity index (χ3n) is 4.60. The summed E-state index contributed by atoms with van der Waals surface area (Å²) in [6.07, 6.45) is 3.75. The molecular formula is C16H26FN3. The second-order valence-electron chi connectivity index (χ2n) is 6.30. The molecule has 1 saturated heterocycles. The van der Waals surface area contributed by atoms with Crippen LogP contribution in [0.15, 0.2) is 18.2 Å². The number of benzene rings is 1. The van der Waals surface area contributed by atoms with Crippen molar-refractivity contribution in [3.05, 3.63) is 35.1 Å². The molecule has 1 aliphatic rings. The van der Waals surface area contributed by atoms with E-state index in [0.717, 1.165) is 24.2 Å². The third kappa shape index (κ3) is 3.03. The summed E-state index contributed by atoms with van der Waals surface area (Å²) in [4.78, 5) is 2.46. The number of piperidine rings is 1. The second-order valence-corrected chi connectivity index (χ2v) is 6.30. The molecule has 0 amide bonds. The van der Waals surface area contributed by atoms with Crippen LogP contribution in [0.2, 0.25) is 0 Å². The Morgan fingerprint density at radius 1 is 1.25 bits per heavy atom. The van der Waals surface area contributed by atoms with E-state index in [1.54, 1.807) is 6.07 Å². The fraction of sp³-hybridized carbons (Fsp3) is 0.625. The van der Waals surface area contributed by atoms with Crippen molar-refractivity contribution in [3.8, 4) is 0 Å². The Hall–Kier alpha value is -0.970. The number of hydrogen-bond acceptors (Lipinski definition) is 3. The van der Waals surface area contributed by atoms with Gasteiger partial charge in [-0.05, 0) is 70.0 Å². The number of nitrogens with two attached hydrogens (primary N) is 1. The van der Waals surface area contributed by atoms with E-state index in [-0.39, 0.29) is 17.4 Å². The van der Waals surface area contributed by atoms with Crippen LogP contribution >= 0.6 is 0 Å². The van der Waals surface area contributed by atoms with E-state index in [1.165, 1.54) is 25.3 Å². The summed E-state index contributed by atoms with van der Waals surface area (Å²) in [6.45, 7) is 8.55. The predicted molar refractivity (Wildman–Crippen MR) is 80.7 cm³/mol. The van der Waals surface area contributed by atoms with Crippen LogP contribution in [0.5, 0.6) is 0 Å². The van der Waals surface area contributed by atoms with Crippen molar-refractivity contribution in [2.45, 2.75) is 51.6 Å².